The normalized spacial score (nSPS) is 18.4. The van der Waals surface area contributed by atoms with E-state index in [4.69, 9.17) is 14.2 Å². The molecule has 0 saturated carbocycles. The first kappa shape index (κ1) is 18.1. The maximum absolute atomic E-state index is 14.0. The first-order chi connectivity index (χ1) is 13.6. The first-order valence-corrected chi connectivity index (χ1v) is 8.77. The highest BCUT2D eigenvalue weighted by Crippen LogP contribution is 2.36. The second-order valence-electron chi connectivity index (χ2n) is 6.39. The number of rotatable bonds is 4. The third-order valence-electron chi connectivity index (χ3n) is 4.39. The van der Waals surface area contributed by atoms with Crippen molar-refractivity contribution in [3.05, 3.63) is 65.0 Å². The Morgan fingerprint density at radius 2 is 2.07 bits per heavy atom. The zero-order valence-corrected chi connectivity index (χ0v) is 14.8. The van der Waals surface area contributed by atoms with Crippen molar-refractivity contribution in [3.63, 3.8) is 0 Å². The maximum atomic E-state index is 14.0. The molecule has 1 N–H and O–H groups in total. The molecule has 28 heavy (non-hydrogen) atoms. The molecule has 2 heterocycles. The molecule has 1 amide bonds. The molecule has 7 nitrogen and oxygen atoms in total. The molecule has 1 atom stereocenters. The van der Waals surface area contributed by atoms with Crippen LogP contribution in [-0.2, 0) is 32.3 Å². The van der Waals surface area contributed by atoms with Gasteiger partial charge in [0.15, 0.2) is 0 Å². The minimum Gasteiger partial charge on any atom is -0.460 e. The van der Waals surface area contributed by atoms with Crippen LogP contribution in [0.15, 0.2) is 47.6 Å². The number of hydrogen-bond donors (Lipinski definition) is 1. The topological polar surface area (TPSA) is 86.2 Å². The third-order valence-corrected chi connectivity index (χ3v) is 4.39. The second kappa shape index (κ2) is 7.77. The molecule has 0 bridgehead atoms. The lowest BCUT2D eigenvalue weighted by Crippen LogP contribution is -2.30. The van der Waals surface area contributed by atoms with Gasteiger partial charge in [-0.3, -0.25) is 4.79 Å². The highest BCUT2D eigenvalue weighted by Gasteiger charge is 2.26. The standard InChI is InChI=1S/C20H17FN2O5/c21-15-8-13(10-26-19(25)16-6-7-17(24)23-22-16)18-14(9-15)11-27-20(28-18)12-4-2-1-3-5-12/h1-5,8-9,20H,6-7,10-11H2,(H,23,24). The Labute approximate surface area is 160 Å². The van der Waals surface area contributed by atoms with Gasteiger partial charge in [-0.2, -0.15) is 5.10 Å². The molecule has 2 aliphatic heterocycles. The SMILES string of the molecule is O=C1CCC(C(=O)OCc2cc(F)cc3c2OC(c2ccccc2)OC3)=NN1. The predicted octanol–water partition coefficient (Wildman–Crippen LogP) is 2.74. The van der Waals surface area contributed by atoms with Crippen molar-refractivity contribution in [2.24, 2.45) is 5.10 Å². The lowest BCUT2D eigenvalue weighted by molar-refractivity contribution is -0.137. The molecule has 144 valence electrons. The summed E-state index contributed by atoms with van der Waals surface area (Å²) in [5.74, 6) is -0.952. The highest BCUT2D eigenvalue weighted by atomic mass is 19.1. The maximum Gasteiger partial charge on any atom is 0.354 e. The number of carbonyl (C=O) groups is 2. The Bertz CT molecular complexity index is 945. The average Bonchev–Trinajstić information content (AvgIpc) is 2.72. The van der Waals surface area contributed by atoms with Crippen molar-refractivity contribution in [1.82, 2.24) is 5.43 Å². The predicted molar refractivity (Wildman–Crippen MR) is 95.6 cm³/mol. The Hall–Kier alpha value is -3.26. The molecule has 0 radical (unpaired) electrons. The van der Waals surface area contributed by atoms with E-state index in [1.165, 1.54) is 12.1 Å². The summed E-state index contributed by atoms with van der Waals surface area (Å²) in [4.78, 5) is 23.3. The lowest BCUT2D eigenvalue weighted by Gasteiger charge is -2.28. The summed E-state index contributed by atoms with van der Waals surface area (Å²) in [5.41, 5.74) is 4.13. The van der Waals surface area contributed by atoms with Crippen LogP contribution in [0, 0.1) is 5.82 Å². The fourth-order valence-electron chi connectivity index (χ4n) is 3.01. The van der Waals surface area contributed by atoms with Crippen molar-refractivity contribution < 1.29 is 28.2 Å². The summed E-state index contributed by atoms with van der Waals surface area (Å²) in [6.07, 6.45) is -0.263. The van der Waals surface area contributed by atoms with Crippen LogP contribution >= 0.6 is 0 Å². The number of nitrogens with one attached hydrogen (secondary N) is 1. The Balaban J connectivity index is 1.51. The van der Waals surface area contributed by atoms with Crippen LogP contribution in [0.2, 0.25) is 0 Å². The smallest absolute Gasteiger partial charge is 0.354 e. The number of ether oxygens (including phenoxy) is 3. The molecule has 2 aromatic carbocycles. The van der Waals surface area contributed by atoms with Gasteiger partial charge in [0.2, 0.25) is 12.2 Å². The quantitative estimate of drug-likeness (QED) is 0.820. The summed E-state index contributed by atoms with van der Waals surface area (Å²) in [5, 5.41) is 3.70. The van der Waals surface area contributed by atoms with Gasteiger partial charge >= 0.3 is 5.97 Å². The highest BCUT2D eigenvalue weighted by molar-refractivity contribution is 6.37. The second-order valence-corrected chi connectivity index (χ2v) is 6.39. The zero-order chi connectivity index (χ0) is 19.5. The van der Waals surface area contributed by atoms with Gasteiger partial charge in [-0.25, -0.2) is 14.6 Å². The number of nitrogens with zero attached hydrogens (tertiary/aromatic N) is 1. The molecular weight excluding hydrogens is 367 g/mol. The van der Waals surface area contributed by atoms with Gasteiger partial charge in [-0.05, 0) is 12.1 Å². The molecule has 0 spiro atoms. The molecule has 0 fully saturated rings. The van der Waals surface area contributed by atoms with Crippen molar-refractivity contribution in [2.75, 3.05) is 0 Å². The lowest BCUT2D eigenvalue weighted by atomic mass is 10.1. The average molecular weight is 384 g/mol. The van der Waals surface area contributed by atoms with Gasteiger partial charge in [0.1, 0.15) is 23.9 Å². The molecule has 0 aromatic heterocycles. The number of amides is 1. The number of esters is 1. The van der Waals surface area contributed by atoms with Gasteiger partial charge in [0, 0.05) is 29.5 Å². The van der Waals surface area contributed by atoms with Gasteiger partial charge in [-0.15, -0.1) is 0 Å². The molecule has 1 unspecified atom stereocenters. The van der Waals surface area contributed by atoms with E-state index < -0.39 is 18.1 Å². The third kappa shape index (κ3) is 3.86. The fraction of sp³-hybridized carbons (Fsp3) is 0.250. The molecule has 4 rings (SSSR count). The molecule has 0 saturated heterocycles. The first-order valence-electron chi connectivity index (χ1n) is 8.77. The van der Waals surface area contributed by atoms with Crippen LogP contribution in [0.5, 0.6) is 5.75 Å². The monoisotopic (exact) mass is 384 g/mol. The van der Waals surface area contributed by atoms with Crippen molar-refractivity contribution in [1.29, 1.82) is 0 Å². The van der Waals surface area contributed by atoms with Crippen LogP contribution in [-0.4, -0.2) is 17.6 Å². The summed E-state index contributed by atoms with van der Waals surface area (Å²) < 4.78 is 30.8. The fourth-order valence-corrected chi connectivity index (χ4v) is 3.01. The number of halogens is 1. The van der Waals surface area contributed by atoms with E-state index in [2.05, 4.69) is 10.5 Å². The molecule has 8 heteroatoms. The number of carbonyl (C=O) groups excluding carboxylic acids is 2. The van der Waals surface area contributed by atoms with Crippen molar-refractivity contribution >= 4 is 17.6 Å². The van der Waals surface area contributed by atoms with E-state index >= 15 is 0 Å². The molecule has 2 aliphatic rings. The van der Waals surface area contributed by atoms with Crippen LogP contribution in [0.3, 0.4) is 0 Å². The zero-order valence-electron chi connectivity index (χ0n) is 14.8. The van der Waals surface area contributed by atoms with Crippen LogP contribution in [0.1, 0.15) is 35.8 Å². The number of hydrazone groups is 1. The van der Waals surface area contributed by atoms with E-state index in [-0.39, 0.29) is 37.7 Å². The van der Waals surface area contributed by atoms with Crippen molar-refractivity contribution in [3.8, 4) is 5.75 Å². The van der Waals surface area contributed by atoms with E-state index in [9.17, 15) is 14.0 Å². The largest absolute Gasteiger partial charge is 0.460 e. The van der Waals surface area contributed by atoms with Crippen molar-refractivity contribution in [2.45, 2.75) is 32.3 Å². The van der Waals surface area contributed by atoms with E-state index in [1.807, 2.05) is 30.3 Å². The molecular formula is C20H17FN2O5. The summed E-state index contributed by atoms with van der Waals surface area (Å²) in [6, 6.07) is 12.0. The minimum atomic E-state index is -0.662. The van der Waals surface area contributed by atoms with Crippen LogP contribution < -0.4 is 10.2 Å². The summed E-state index contributed by atoms with van der Waals surface area (Å²) >= 11 is 0. The molecule has 0 aliphatic carbocycles. The molecule has 2 aromatic rings. The van der Waals surface area contributed by atoms with Gasteiger partial charge in [-0.1, -0.05) is 30.3 Å². The number of benzene rings is 2. The minimum absolute atomic E-state index is 0.122. The Kier molecular flexibility index (Phi) is 5.03. The van der Waals surface area contributed by atoms with E-state index in [0.717, 1.165) is 5.56 Å². The van der Waals surface area contributed by atoms with Gasteiger partial charge in [0.05, 0.1) is 6.61 Å². The van der Waals surface area contributed by atoms with Crippen LogP contribution in [0.25, 0.3) is 0 Å². The van der Waals surface area contributed by atoms with Gasteiger partial charge in [0.25, 0.3) is 0 Å². The number of fused-ring (bicyclic) bond motifs is 1. The Morgan fingerprint density at radius 1 is 1.25 bits per heavy atom. The van der Waals surface area contributed by atoms with Gasteiger partial charge < -0.3 is 14.2 Å². The summed E-state index contributed by atoms with van der Waals surface area (Å²) in [7, 11) is 0. The van der Waals surface area contributed by atoms with Crippen LogP contribution in [0.4, 0.5) is 4.39 Å². The number of hydrogen-bond acceptors (Lipinski definition) is 6. The van der Waals surface area contributed by atoms with E-state index in [1.54, 1.807) is 0 Å². The van der Waals surface area contributed by atoms with E-state index in [0.29, 0.717) is 16.9 Å². The summed E-state index contributed by atoms with van der Waals surface area (Å²) in [6.45, 7) is -0.0141. The Morgan fingerprint density at radius 3 is 2.82 bits per heavy atom.